The first-order chi connectivity index (χ1) is 13.1. The summed E-state index contributed by atoms with van der Waals surface area (Å²) in [5.41, 5.74) is 2.71. The molecule has 0 bridgehead atoms. The predicted molar refractivity (Wildman–Crippen MR) is 116 cm³/mol. The Bertz CT molecular complexity index is 904. The number of benzene rings is 2. The van der Waals surface area contributed by atoms with Gasteiger partial charge < -0.3 is 24.8 Å². The van der Waals surface area contributed by atoms with Gasteiger partial charge in [0.05, 0.1) is 0 Å². The van der Waals surface area contributed by atoms with Gasteiger partial charge in [-0.2, -0.15) is 6.08 Å². The predicted octanol–water partition coefficient (Wildman–Crippen LogP) is 1.48. The molecule has 0 aromatic heterocycles. The average molecular weight is 503 g/mol. The molecule has 3 heteroatoms. The second kappa shape index (κ2) is 13.4. The van der Waals surface area contributed by atoms with Crippen LogP contribution in [0, 0.1) is 6.08 Å². The van der Waals surface area contributed by atoms with Gasteiger partial charge in [0.15, 0.2) is 0 Å². The molecule has 3 aromatic carbocycles. The first-order valence-corrected chi connectivity index (χ1v) is 11.2. The maximum absolute atomic E-state index is 3.19. The molecule has 0 atom stereocenters. The van der Waals surface area contributed by atoms with Gasteiger partial charge in [0.2, 0.25) is 0 Å². The fourth-order valence-electron chi connectivity index (χ4n) is 3.53. The zero-order chi connectivity index (χ0) is 19.1. The van der Waals surface area contributed by atoms with Gasteiger partial charge in [-0.1, -0.05) is 43.3 Å². The van der Waals surface area contributed by atoms with Crippen molar-refractivity contribution in [2.75, 3.05) is 0 Å². The van der Waals surface area contributed by atoms with Crippen molar-refractivity contribution < 1.29 is 49.0 Å². The van der Waals surface area contributed by atoms with E-state index in [1.165, 1.54) is 64.8 Å². The Morgan fingerprint density at radius 1 is 0.793 bits per heavy atom. The monoisotopic (exact) mass is 500 g/mol. The van der Waals surface area contributed by atoms with E-state index in [-0.39, 0.29) is 24.8 Å². The number of halogens is 2. The minimum atomic E-state index is 0. The van der Waals surface area contributed by atoms with Gasteiger partial charge in [-0.3, -0.25) is 6.08 Å². The third-order valence-corrected chi connectivity index (χ3v) is 6.58. The minimum Gasteiger partial charge on any atom is -0.126 e. The van der Waals surface area contributed by atoms with Gasteiger partial charge in [-0.05, 0) is 0 Å². The Morgan fingerprint density at radius 2 is 1.31 bits per heavy atom. The molecule has 0 saturated heterocycles. The molecule has 2 aliphatic carbocycles. The minimum absolute atomic E-state index is 0. The van der Waals surface area contributed by atoms with E-state index in [0.717, 1.165) is 6.42 Å². The Balaban J connectivity index is 0.000000228. The fourth-order valence-corrected chi connectivity index (χ4v) is 4.40. The van der Waals surface area contributed by atoms with Crippen LogP contribution in [0.2, 0.25) is 0 Å². The molecule has 0 amide bonds. The van der Waals surface area contributed by atoms with Crippen LogP contribution < -0.4 is 24.8 Å². The maximum atomic E-state index is 3.19. The summed E-state index contributed by atoms with van der Waals surface area (Å²) >= 11 is 1.69. The van der Waals surface area contributed by atoms with Crippen molar-refractivity contribution in [2.24, 2.45) is 0 Å². The van der Waals surface area contributed by atoms with Gasteiger partial charge in [0.25, 0.3) is 0 Å². The van der Waals surface area contributed by atoms with E-state index in [4.69, 9.17) is 0 Å². The summed E-state index contributed by atoms with van der Waals surface area (Å²) in [6.07, 6.45) is 13.7. The molecular formula is C26H28Cl2Zr-2. The number of hydrogen-bond donors (Lipinski definition) is 0. The van der Waals surface area contributed by atoms with E-state index in [1.54, 1.807) is 27.4 Å². The van der Waals surface area contributed by atoms with Crippen LogP contribution in [0.25, 0.3) is 21.5 Å². The van der Waals surface area contributed by atoms with E-state index in [0.29, 0.717) is 0 Å². The molecule has 0 radical (unpaired) electrons. The molecule has 2 aliphatic rings. The Morgan fingerprint density at radius 3 is 1.66 bits per heavy atom. The normalized spacial score (nSPS) is 15.1. The van der Waals surface area contributed by atoms with Crippen molar-refractivity contribution >= 4 is 24.8 Å². The van der Waals surface area contributed by atoms with Gasteiger partial charge in [0.1, 0.15) is 0 Å². The first kappa shape index (κ1) is 26.2. The molecular weight excluding hydrogens is 474 g/mol. The largest absolute Gasteiger partial charge is 0.126 e. The summed E-state index contributed by atoms with van der Waals surface area (Å²) in [4.78, 5) is 0. The molecule has 0 spiro atoms. The van der Waals surface area contributed by atoms with Crippen LogP contribution >= 0.6 is 0 Å². The number of hydrogen-bond acceptors (Lipinski definition) is 0. The zero-order valence-electron chi connectivity index (χ0n) is 17.3. The molecule has 29 heavy (non-hydrogen) atoms. The maximum Gasteiger partial charge on any atom is -0.0771 e. The smallest absolute Gasteiger partial charge is 0.0771 e. The van der Waals surface area contributed by atoms with E-state index >= 15 is 0 Å². The summed E-state index contributed by atoms with van der Waals surface area (Å²) in [6, 6.07) is 19.3. The summed E-state index contributed by atoms with van der Waals surface area (Å²) in [5, 5.41) is 5.39. The number of allylic oxidation sites excluding steroid dienone is 4. The van der Waals surface area contributed by atoms with Gasteiger partial charge >= 0.3 is 59.5 Å². The van der Waals surface area contributed by atoms with Crippen molar-refractivity contribution in [2.45, 2.75) is 52.4 Å². The topological polar surface area (TPSA) is 0 Å². The Labute approximate surface area is 203 Å². The van der Waals surface area contributed by atoms with E-state index in [1.807, 2.05) is 0 Å². The molecule has 152 valence electrons. The van der Waals surface area contributed by atoms with Crippen LogP contribution in [0.3, 0.4) is 0 Å². The van der Waals surface area contributed by atoms with Crippen molar-refractivity contribution in [3.8, 4) is 0 Å². The van der Waals surface area contributed by atoms with Crippen LogP contribution in [0.15, 0.2) is 71.8 Å². The van der Waals surface area contributed by atoms with Crippen LogP contribution in [0.5, 0.6) is 0 Å². The SMILES string of the molecule is CC1=[C-]CC=C1C.[Cl-].[Cl-].[Zr+2]=[C]1CCCCC1.c1ccc2c(c1)[cH-]c1ccccc12. The molecule has 0 nitrogen and oxygen atoms in total. The standard InChI is InChI=1S/C13H9.C7H9.C6H10.2ClH.Zr/c1-3-7-12-10(5-1)9-11-6-2-4-8-13(11)12;1-6-4-3-5-7(6)2;1-2-4-6-5-3-1;;;/h1-9H;4H,3H2,1-2H3;1-5H2;2*1H;/q2*-1;;;;+2/p-2. The number of fused-ring (bicyclic) bond motifs is 3. The second-order valence-corrected chi connectivity index (χ2v) is 9.11. The molecule has 0 N–H and O–H groups in total. The number of rotatable bonds is 0. The van der Waals surface area contributed by atoms with E-state index < -0.39 is 0 Å². The quantitative estimate of drug-likeness (QED) is 0.409. The molecule has 1 fully saturated rings. The van der Waals surface area contributed by atoms with Gasteiger partial charge in [-0.25, -0.2) is 11.1 Å². The molecule has 0 aliphatic heterocycles. The molecule has 0 unspecified atom stereocenters. The summed E-state index contributed by atoms with van der Waals surface area (Å²) in [7, 11) is 0. The Hall–Kier alpha value is -0.877. The fraction of sp³-hybridized carbons (Fsp3) is 0.308. The van der Waals surface area contributed by atoms with Crippen LogP contribution in [0.4, 0.5) is 0 Å². The van der Waals surface area contributed by atoms with Crippen molar-refractivity contribution in [3.05, 3.63) is 77.9 Å². The van der Waals surface area contributed by atoms with Crippen LogP contribution in [-0.2, 0) is 24.2 Å². The third-order valence-electron chi connectivity index (χ3n) is 5.35. The van der Waals surface area contributed by atoms with E-state index in [2.05, 4.69) is 80.6 Å². The molecule has 1 saturated carbocycles. The third kappa shape index (κ3) is 7.71. The zero-order valence-corrected chi connectivity index (χ0v) is 21.2. The van der Waals surface area contributed by atoms with Crippen molar-refractivity contribution in [3.63, 3.8) is 0 Å². The Kier molecular flexibility index (Phi) is 12.1. The summed E-state index contributed by atoms with van der Waals surface area (Å²) in [6.45, 7) is 4.22. The van der Waals surface area contributed by atoms with Crippen molar-refractivity contribution in [1.82, 2.24) is 0 Å². The summed E-state index contributed by atoms with van der Waals surface area (Å²) < 4.78 is 1.80. The summed E-state index contributed by atoms with van der Waals surface area (Å²) in [5.74, 6) is 0. The van der Waals surface area contributed by atoms with Gasteiger partial charge in [0, 0.05) is 0 Å². The van der Waals surface area contributed by atoms with Crippen LogP contribution in [0.1, 0.15) is 52.4 Å². The van der Waals surface area contributed by atoms with E-state index in [9.17, 15) is 0 Å². The van der Waals surface area contributed by atoms with Crippen LogP contribution in [-0.4, -0.2) is 3.21 Å². The van der Waals surface area contributed by atoms with Gasteiger partial charge in [-0.15, -0.1) is 53.1 Å². The molecule has 0 heterocycles. The average Bonchev–Trinajstić information content (AvgIpc) is 3.26. The van der Waals surface area contributed by atoms with Crippen molar-refractivity contribution in [1.29, 1.82) is 0 Å². The second-order valence-electron chi connectivity index (χ2n) is 7.38. The molecule has 5 rings (SSSR count). The first-order valence-electron chi connectivity index (χ1n) is 9.99. The molecule has 3 aromatic rings.